The molecule has 0 spiro atoms. The predicted octanol–water partition coefficient (Wildman–Crippen LogP) is 5.46. The van der Waals surface area contributed by atoms with Crippen LogP contribution in [-0.2, 0) is 6.54 Å². The van der Waals surface area contributed by atoms with Gasteiger partial charge in [-0.05, 0) is 49.6 Å². The Balaban J connectivity index is 1.84. The summed E-state index contributed by atoms with van der Waals surface area (Å²) in [5.74, 6) is -0.346. The van der Waals surface area contributed by atoms with Crippen molar-refractivity contribution in [3.8, 4) is 16.9 Å². The van der Waals surface area contributed by atoms with Crippen LogP contribution >= 0.6 is 23.2 Å². The molecule has 1 aliphatic carbocycles. The van der Waals surface area contributed by atoms with Crippen LogP contribution in [0.15, 0.2) is 59.4 Å². The van der Waals surface area contributed by atoms with E-state index in [0.717, 1.165) is 30.5 Å². The van der Waals surface area contributed by atoms with Gasteiger partial charge in [0.25, 0.3) is 11.5 Å². The van der Waals surface area contributed by atoms with Crippen LogP contribution in [0.2, 0.25) is 10.0 Å². The number of carbonyl (C=O) groups is 1. The van der Waals surface area contributed by atoms with E-state index in [2.05, 4.69) is 5.32 Å². The number of carbonyl (C=O) groups excluding carboxylic acids is 1. The van der Waals surface area contributed by atoms with Gasteiger partial charge in [0.05, 0.1) is 16.4 Å². The molecule has 0 bridgehead atoms. The van der Waals surface area contributed by atoms with E-state index in [9.17, 15) is 9.59 Å². The summed E-state index contributed by atoms with van der Waals surface area (Å²) < 4.78 is 3.33. The van der Waals surface area contributed by atoms with Gasteiger partial charge < -0.3 is 5.32 Å². The van der Waals surface area contributed by atoms with Crippen molar-refractivity contribution in [2.24, 2.45) is 0 Å². The zero-order valence-corrected chi connectivity index (χ0v) is 19.5. The Kier molecular flexibility index (Phi) is 5.72. The third kappa shape index (κ3) is 4.05. The first-order valence-electron chi connectivity index (χ1n) is 11.0. The van der Waals surface area contributed by atoms with Crippen LogP contribution in [-0.4, -0.2) is 26.3 Å². The number of benzene rings is 2. The minimum atomic E-state index is -0.346. The molecule has 168 valence electrons. The van der Waals surface area contributed by atoms with E-state index < -0.39 is 0 Å². The molecule has 2 heterocycles. The maximum absolute atomic E-state index is 13.3. The highest BCUT2D eigenvalue weighted by Gasteiger charge is 2.27. The predicted molar refractivity (Wildman–Crippen MR) is 132 cm³/mol. The summed E-state index contributed by atoms with van der Waals surface area (Å²) >= 11 is 12.7. The van der Waals surface area contributed by atoms with Gasteiger partial charge in [0.15, 0.2) is 5.65 Å². The fraction of sp³-hybridized carbons (Fsp3) is 0.240. The topological polar surface area (TPSA) is 68.9 Å². The molecule has 1 saturated carbocycles. The van der Waals surface area contributed by atoms with Crippen molar-refractivity contribution in [3.63, 3.8) is 0 Å². The summed E-state index contributed by atoms with van der Waals surface area (Å²) in [6.07, 6.45) is 2.60. The number of nitrogens with one attached hydrogen (secondary N) is 1. The first-order valence-corrected chi connectivity index (χ1v) is 11.7. The van der Waals surface area contributed by atoms with E-state index in [0.29, 0.717) is 33.3 Å². The molecule has 4 aromatic rings. The average Bonchev–Trinajstić information content (AvgIpc) is 3.54. The molecule has 1 fully saturated rings. The quantitative estimate of drug-likeness (QED) is 0.398. The van der Waals surface area contributed by atoms with Crippen molar-refractivity contribution >= 4 is 40.1 Å². The Morgan fingerprint density at radius 2 is 1.85 bits per heavy atom. The summed E-state index contributed by atoms with van der Waals surface area (Å²) in [7, 11) is 0. The number of hydrogen-bond acceptors (Lipinski definition) is 3. The Labute approximate surface area is 200 Å². The van der Waals surface area contributed by atoms with Gasteiger partial charge >= 0.3 is 0 Å². The lowest BCUT2D eigenvalue weighted by molar-refractivity contribution is 0.0949. The molecule has 0 unspecified atom stereocenters. The number of rotatable bonds is 6. The van der Waals surface area contributed by atoms with E-state index in [1.165, 1.54) is 0 Å². The summed E-state index contributed by atoms with van der Waals surface area (Å²) in [6.45, 7) is 2.43. The number of amides is 1. The number of fused-ring (bicyclic) bond motifs is 1. The highest BCUT2D eigenvalue weighted by molar-refractivity contribution is 6.32. The average molecular weight is 481 g/mol. The number of hydrogen-bond donors (Lipinski definition) is 1. The molecule has 1 aliphatic rings. The molecule has 2 aromatic carbocycles. The van der Waals surface area contributed by atoms with Gasteiger partial charge in [-0.3, -0.25) is 14.2 Å². The van der Waals surface area contributed by atoms with Gasteiger partial charge in [-0.25, -0.2) is 4.68 Å². The number of pyridine rings is 1. The molecule has 33 heavy (non-hydrogen) atoms. The standard InChI is InChI=1S/C25H22Cl2N4O2/c1-2-13-30-23-18(14-19(25(30)33)24(32)28-17-11-12-17)22(15-7-9-16(26)10-8-15)31(29-23)21-6-4-3-5-20(21)27/h3-10,14,17H,2,11-13H2,1H3,(H,28,32). The first-order chi connectivity index (χ1) is 16.0. The Hall–Kier alpha value is -3.09. The molecular weight excluding hydrogens is 459 g/mol. The van der Waals surface area contributed by atoms with E-state index in [-0.39, 0.29) is 23.1 Å². The fourth-order valence-corrected chi connectivity index (χ4v) is 4.31. The monoisotopic (exact) mass is 480 g/mol. The third-order valence-electron chi connectivity index (χ3n) is 5.73. The lowest BCUT2D eigenvalue weighted by Gasteiger charge is -2.10. The molecule has 0 aliphatic heterocycles. The lowest BCUT2D eigenvalue weighted by Crippen LogP contribution is -2.34. The minimum Gasteiger partial charge on any atom is -0.349 e. The van der Waals surface area contributed by atoms with Crippen LogP contribution in [0.1, 0.15) is 36.5 Å². The maximum Gasteiger partial charge on any atom is 0.265 e. The zero-order chi connectivity index (χ0) is 23.1. The van der Waals surface area contributed by atoms with Crippen molar-refractivity contribution in [1.82, 2.24) is 19.7 Å². The summed E-state index contributed by atoms with van der Waals surface area (Å²) in [5.41, 5.74) is 2.55. The van der Waals surface area contributed by atoms with E-state index in [1.54, 1.807) is 33.5 Å². The van der Waals surface area contributed by atoms with Crippen molar-refractivity contribution < 1.29 is 4.79 Å². The number of halogens is 2. The smallest absolute Gasteiger partial charge is 0.265 e. The molecule has 6 nitrogen and oxygen atoms in total. The van der Waals surface area contributed by atoms with Crippen molar-refractivity contribution in [2.75, 3.05) is 0 Å². The highest BCUT2D eigenvalue weighted by atomic mass is 35.5. The Bertz CT molecular complexity index is 1420. The second kappa shape index (κ2) is 8.69. The van der Waals surface area contributed by atoms with Gasteiger partial charge in [-0.1, -0.05) is 54.4 Å². The summed E-state index contributed by atoms with van der Waals surface area (Å²) in [6, 6.07) is 16.6. The van der Waals surface area contributed by atoms with Gasteiger partial charge in [0.2, 0.25) is 0 Å². The molecule has 0 saturated heterocycles. The second-order valence-corrected chi connectivity index (χ2v) is 9.06. The van der Waals surface area contributed by atoms with Crippen LogP contribution in [0.4, 0.5) is 0 Å². The van der Waals surface area contributed by atoms with Gasteiger partial charge in [0, 0.05) is 28.6 Å². The molecular formula is C25H22Cl2N4O2. The molecule has 1 amide bonds. The Morgan fingerprint density at radius 1 is 1.12 bits per heavy atom. The number of para-hydroxylation sites is 1. The molecule has 0 radical (unpaired) electrons. The van der Waals surface area contributed by atoms with E-state index >= 15 is 0 Å². The fourth-order valence-electron chi connectivity index (χ4n) is 3.97. The third-order valence-corrected chi connectivity index (χ3v) is 6.30. The molecule has 1 N–H and O–H groups in total. The van der Waals surface area contributed by atoms with Gasteiger partial charge in [-0.15, -0.1) is 5.10 Å². The van der Waals surface area contributed by atoms with Crippen LogP contribution < -0.4 is 10.9 Å². The molecule has 8 heteroatoms. The SMILES string of the molecule is CCCn1c(=O)c(C(=O)NC2CC2)cc2c(-c3ccc(Cl)cc3)n(-c3ccccc3Cl)nc21. The molecule has 0 atom stereocenters. The lowest BCUT2D eigenvalue weighted by atomic mass is 10.1. The van der Waals surface area contributed by atoms with Crippen LogP contribution in [0.25, 0.3) is 28.0 Å². The van der Waals surface area contributed by atoms with Crippen molar-refractivity contribution in [2.45, 2.75) is 38.8 Å². The van der Waals surface area contributed by atoms with Crippen LogP contribution in [0.3, 0.4) is 0 Å². The van der Waals surface area contributed by atoms with E-state index in [1.807, 2.05) is 37.3 Å². The zero-order valence-electron chi connectivity index (χ0n) is 18.0. The molecule has 2 aromatic heterocycles. The van der Waals surface area contributed by atoms with Crippen LogP contribution in [0, 0.1) is 0 Å². The number of aromatic nitrogens is 3. The number of aryl methyl sites for hydroxylation is 1. The summed E-state index contributed by atoms with van der Waals surface area (Å²) in [5, 5.41) is 9.60. The number of nitrogens with zero attached hydrogens (tertiary/aromatic N) is 3. The normalized spacial score (nSPS) is 13.4. The summed E-state index contributed by atoms with van der Waals surface area (Å²) in [4.78, 5) is 26.3. The van der Waals surface area contributed by atoms with Crippen LogP contribution in [0.5, 0.6) is 0 Å². The van der Waals surface area contributed by atoms with Gasteiger partial charge in [0.1, 0.15) is 5.56 Å². The largest absolute Gasteiger partial charge is 0.349 e. The Morgan fingerprint density at radius 3 is 2.52 bits per heavy atom. The second-order valence-electron chi connectivity index (χ2n) is 8.22. The maximum atomic E-state index is 13.3. The highest BCUT2D eigenvalue weighted by Crippen LogP contribution is 2.34. The first kappa shape index (κ1) is 21.7. The van der Waals surface area contributed by atoms with Crippen molar-refractivity contribution in [1.29, 1.82) is 0 Å². The van der Waals surface area contributed by atoms with E-state index in [4.69, 9.17) is 28.3 Å². The van der Waals surface area contributed by atoms with Gasteiger partial charge in [-0.2, -0.15) is 0 Å². The van der Waals surface area contributed by atoms with Crippen molar-refractivity contribution in [3.05, 3.63) is 80.6 Å². The minimum absolute atomic E-state index is 0.122. The molecule has 5 rings (SSSR count).